The third kappa shape index (κ3) is 3.09. The summed E-state index contributed by atoms with van der Waals surface area (Å²) in [7, 11) is 0. The zero-order valence-electron chi connectivity index (χ0n) is 10.4. The summed E-state index contributed by atoms with van der Waals surface area (Å²) < 4.78 is 0. The quantitative estimate of drug-likeness (QED) is 0.864. The van der Waals surface area contributed by atoms with Crippen molar-refractivity contribution >= 4 is 5.97 Å². The van der Waals surface area contributed by atoms with E-state index < -0.39 is 5.97 Å². The maximum Gasteiger partial charge on any atom is 0.307 e. The van der Waals surface area contributed by atoms with Gasteiger partial charge in [0.25, 0.3) is 0 Å². The highest BCUT2D eigenvalue weighted by Gasteiger charge is 2.21. The summed E-state index contributed by atoms with van der Waals surface area (Å²) in [4.78, 5) is 10.9. The molecular formula is C15H20O2. The van der Waals surface area contributed by atoms with Crippen LogP contribution in [0.4, 0.5) is 0 Å². The first-order chi connectivity index (χ1) is 8.16. The molecule has 17 heavy (non-hydrogen) atoms. The minimum absolute atomic E-state index is 0.155. The molecule has 1 fully saturated rings. The Morgan fingerprint density at radius 1 is 1.24 bits per heavy atom. The second kappa shape index (κ2) is 5.35. The molecule has 1 N–H and O–H groups in total. The van der Waals surface area contributed by atoms with Crippen LogP contribution in [0.25, 0.3) is 0 Å². The lowest BCUT2D eigenvalue weighted by Gasteiger charge is -2.27. The number of hydrogen-bond acceptors (Lipinski definition) is 1. The summed E-state index contributed by atoms with van der Waals surface area (Å²) in [5.41, 5.74) is 2.27. The maximum absolute atomic E-state index is 10.9. The SMILES string of the molecule is CC1CCC(c2ccccc2CC(=O)O)CC1. The van der Waals surface area contributed by atoms with Crippen LogP contribution in [0.2, 0.25) is 0 Å². The van der Waals surface area contributed by atoms with Gasteiger partial charge in [-0.1, -0.05) is 44.0 Å². The Morgan fingerprint density at radius 3 is 2.53 bits per heavy atom. The largest absolute Gasteiger partial charge is 0.481 e. The van der Waals surface area contributed by atoms with E-state index in [1.807, 2.05) is 18.2 Å². The van der Waals surface area contributed by atoms with E-state index in [-0.39, 0.29) is 6.42 Å². The van der Waals surface area contributed by atoms with Crippen molar-refractivity contribution in [3.05, 3.63) is 35.4 Å². The summed E-state index contributed by atoms with van der Waals surface area (Å²) >= 11 is 0. The summed E-state index contributed by atoms with van der Waals surface area (Å²) in [5, 5.41) is 8.93. The predicted octanol–water partition coefficient (Wildman–Crippen LogP) is 3.61. The van der Waals surface area contributed by atoms with Crippen molar-refractivity contribution in [1.29, 1.82) is 0 Å². The normalized spacial score (nSPS) is 24.5. The van der Waals surface area contributed by atoms with Crippen molar-refractivity contribution in [3.63, 3.8) is 0 Å². The van der Waals surface area contributed by atoms with Crippen molar-refractivity contribution in [1.82, 2.24) is 0 Å². The number of aliphatic carboxylic acids is 1. The molecule has 2 nitrogen and oxygen atoms in total. The molecule has 1 aliphatic carbocycles. The highest BCUT2D eigenvalue weighted by Crippen LogP contribution is 2.36. The van der Waals surface area contributed by atoms with Gasteiger partial charge in [-0.2, -0.15) is 0 Å². The van der Waals surface area contributed by atoms with Crippen LogP contribution in [0.5, 0.6) is 0 Å². The van der Waals surface area contributed by atoms with Crippen LogP contribution in [-0.2, 0) is 11.2 Å². The van der Waals surface area contributed by atoms with Gasteiger partial charge in [-0.25, -0.2) is 0 Å². The zero-order valence-corrected chi connectivity index (χ0v) is 10.4. The van der Waals surface area contributed by atoms with Crippen LogP contribution in [0.3, 0.4) is 0 Å². The van der Waals surface area contributed by atoms with Gasteiger partial charge in [0.2, 0.25) is 0 Å². The molecule has 92 valence electrons. The smallest absolute Gasteiger partial charge is 0.307 e. The Kier molecular flexibility index (Phi) is 3.82. The van der Waals surface area contributed by atoms with Gasteiger partial charge in [-0.3, -0.25) is 4.79 Å². The first-order valence-corrected chi connectivity index (χ1v) is 6.46. The van der Waals surface area contributed by atoms with Crippen LogP contribution in [0.1, 0.15) is 49.7 Å². The summed E-state index contributed by atoms with van der Waals surface area (Å²) in [6.45, 7) is 2.30. The third-order valence-electron chi connectivity index (χ3n) is 3.85. The Balaban J connectivity index is 2.16. The molecule has 2 heteroatoms. The van der Waals surface area contributed by atoms with E-state index in [2.05, 4.69) is 13.0 Å². The van der Waals surface area contributed by atoms with Gasteiger partial charge >= 0.3 is 5.97 Å². The highest BCUT2D eigenvalue weighted by molar-refractivity contribution is 5.70. The molecule has 0 bridgehead atoms. The number of hydrogen-bond donors (Lipinski definition) is 1. The molecule has 0 radical (unpaired) electrons. The molecule has 0 atom stereocenters. The Hall–Kier alpha value is -1.31. The topological polar surface area (TPSA) is 37.3 Å². The first kappa shape index (κ1) is 12.2. The molecule has 0 heterocycles. The fraction of sp³-hybridized carbons (Fsp3) is 0.533. The van der Waals surface area contributed by atoms with Crippen LogP contribution >= 0.6 is 0 Å². The minimum Gasteiger partial charge on any atom is -0.481 e. The molecule has 2 rings (SSSR count). The van der Waals surface area contributed by atoms with Crippen LogP contribution < -0.4 is 0 Å². The maximum atomic E-state index is 10.9. The molecule has 1 aromatic carbocycles. The number of benzene rings is 1. The van der Waals surface area contributed by atoms with Crippen molar-refractivity contribution < 1.29 is 9.90 Å². The molecule has 1 aliphatic rings. The van der Waals surface area contributed by atoms with Gasteiger partial charge < -0.3 is 5.11 Å². The lowest BCUT2D eigenvalue weighted by atomic mass is 9.78. The summed E-state index contributed by atoms with van der Waals surface area (Å²) in [6, 6.07) is 8.03. The van der Waals surface area contributed by atoms with Crippen LogP contribution in [0.15, 0.2) is 24.3 Å². The zero-order chi connectivity index (χ0) is 12.3. The molecule has 0 saturated heterocycles. The van der Waals surface area contributed by atoms with Crippen LogP contribution in [0, 0.1) is 5.92 Å². The van der Waals surface area contributed by atoms with Crippen molar-refractivity contribution in [2.75, 3.05) is 0 Å². The van der Waals surface area contributed by atoms with Gasteiger partial charge in [-0.05, 0) is 35.8 Å². The van der Waals surface area contributed by atoms with Gasteiger partial charge in [0.05, 0.1) is 6.42 Å². The van der Waals surface area contributed by atoms with Crippen LogP contribution in [-0.4, -0.2) is 11.1 Å². The third-order valence-corrected chi connectivity index (χ3v) is 3.85. The molecule has 0 aliphatic heterocycles. The summed E-state index contributed by atoms with van der Waals surface area (Å²) in [6.07, 6.45) is 5.11. The molecule has 0 spiro atoms. The number of rotatable bonds is 3. The summed E-state index contributed by atoms with van der Waals surface area (Å²) in [5.74, 6) is 0.668. The lowest BCUT2D eigenvalue weighted by molar-refractivity contribution is -0.136. The molecule has 1 aromatic rings. The monoisotopic (exact) mass is 232 g/mol. The van der Waals surface area contributed by atoms with Crippen molar-refractivity contribution in [2.24, 2.45) is 5.92 Å². The lowest BCUT2D eigenvalue weighted by Crippen LogP contribution is -2.13. The van der Waals surface area contributed by atoms with E-state index in [0.717, 1.165) is 11.5 Å². The second-order valence-corrected chi connectivity index (χ2v) is 5.23. The molecular weight excluding hydrogens is 212 g/mol. The number of carbonyl (C=O) groups is 1. The number of carboxylic acids is 1. The fourth-order valence-electron chi connectivity index (χ4n) is 2.83. The van der Waals surface area contributed by atoms with E-state index >= 15 is 0 Å². The molecule has 0 unspecified atom stereocenters. The Bertz CT molecular complexity index is 390. The molecule has 0 aromatic heterocycles. The fourth-order valence-corrected chi connectivity index (χ4v) is 2.83. The van der Waals surface area contributed by atoms with E-state index in [0.29, 0.717) is 5.92 Å². The van der Waals surface area contributed by atoms with Gasteiger partial charge in [-0.15, -0.1) is 0 Å². The van der Waals surface area contributed by atoms with Crippen molar-refractivity contribution in [2.45, 2.75) is 44.9 Å². The van der Waals surface area contributed by atoms with E-state index in [4.69, 9.17) is 5.11 Å². The number of carboxylic acid groups (broad SMARTS) is 1. The predicted molar refractivity (Wildman–Crippen MR) is 68.2 cm³/mol. The van der Waals surface area contributed by atoms with Crippen molar-refractivity contribution in [3.8, 4) is 0 Å². The van der Waals surface area contributed by atoms with Gasteiger partial charge in [0.15, 0.2) is 0 Å². The standard InChI is InChI=1S/C15H20O2/c1-11-6-8-12(9-7-11)14-5-3-2-4-13(14)10-15(16)17/h2-5,11-12H,6-10H2,1H3,(H,16,17). The second-order valence-electron chi connectivity index (χ2n) is 5.23. The van der Waals surface area contributed by atoms with E-state index in [9.17, 15) is 4.79 Å². The van der Waals surface area contributed by atoms with Gasteiger partial charge in [0, 0.05) is 0 Å². The molecule has 1 saturated carbocycles. The van der Waals surface area contributed by atoms with E-state index in [1.165, 1.54) is 31.2 Å². The minimum atomic E-state index is -0.735. The highest BCUT2D eigenvalue weighted by atomic mass is 16.4. The van der Waals surface area contributed by atoms with E-state index in [1.54, 1.807) is 0 Å². The Morgan fingerprint density at radius 2 is 1.88 bits per heavy atom. The first-order valence-electron chi connectivity index (χ1n) is 6.46. The Labute approximate surface area is 103 Å². The average molecular weight is 232 g/mol. The average Bonchev–Trinajstić information content (AvgIpc) is 2.30. The van der Waals surface area contributed by atoms with Gasteiger partial charge in [0.1, 0.15) is 0 Å². The molecule has 0 amide bonds.